The van der Waals surface area contributed by atoms with E-state index in [0.29, 0.717) is 12.5 Å². The van der Waals surface area contributed by atoms with E-state index in [9.17, 15) is 4.79 Å². The van der Waals surface area contributed by atoms with Crippen LogP contribution in [-0.4, -0.2) is 46.0 Å². The fourth-order valence-corrected chi connectivity index (χ4v) is 2.23. The van der Waals surface area contributed by atoms with Crippen molar-refractivity contribution in [2.45, 2.75) is 39.3 Å². The molecule has 2 heterocycles. The smallest absolute Gasteiger partial charge is 0.410 e. The number of ether oxygens (including phenoxy) is 1. The lowest BCUT2D eigenvalue weighted by atomic mass is 10.0. The van der Waals surface area contributed by atoms with E-state index in [4.69, 9.17) is 10.5 Å². The molecular formula is C14H24N4O2. The van der Waals surface area contributed by atoms with Crippen LogP contribution >= 0.6 is 0 Å². The molecule has 0 unspecified atom stereocenters. The Morgan fingerprint density at radius 2 is 2.20 bits per heavy atom. The van der Waals surface area contributed by atoms with E-state index in [1.165, 1.54) is 0 Å². The Labute approximate surface area is 119 Å². The van der Waals surface area contributed by atoms with Gasteiger partial charge < -0.3 is 15.4 Å². The molecule has 2 N–H and O–H groups in total. The van der Waals surface area contributed by atoms with Crippen LogP contribution in [0.15, 0.2) is 12.4 Å². The minimum atomic E-state index is -0.429. The van der Waals surface area contributed by atoms with Gasteiger partial charge in [-0.15, -0.1) is 0 Å². The van der Waals surface area contributed by atoms with Crippen LogP contribution < -0.4 is 5.73 Å². The normalized spacial score (nSPS) is 16.1. The summed E-state index contributed by atoms with van der Waals surface area (Å²) in [5, 5.41) is 4.31. The van der Waals surface area contributed by atoms with Crippen molar-refractivity contribution in [2.24, 2.45) is 11.7 Å². The van der Waals surface area contributed by atoms with Gasteiger partial charge in [0.25, 0.3) is 0 Å². The summed E-state index contributed by atoms with van der Waals surface area (Å²) in [7, 11) is 0. The molecule has 0 aromatic carbocycles. The Bertz CT molecular complexity index is 458. The van der Waals surface area contributed by atoms with E-state index >= 15 is 0 Å². The summed E-state index contributed by atoms with van der Waals surface area (Å²) in [6, 6.07) is 0. The molecule has 1 fully saturated rings. The first-order valence-corrected chi connectivity index (χ1v) is 7.06. The molecule has 0 saturated carbocycles. The van der Waals surface area contributed by atoms with Crippen LogP contribution in [0.3, 0.4) is 0 Å². The first-order chi connectivity index (χ1) is 9.37. The molecule has 20 heavy (non-hydrogen) atoms. The predicted molar refractivity (Wildman–Crippen MR) is 76.3 cm³/mol. The van der Waals surface area contributed by atoms with E-state index in [0.717, 1.165) is 31.6 Å². The number of rotatable bonds is 4. The van der Waals surface area contributed by atoms with Crippen molar-refractivity contribution in [3.8, 4) is 0 Å². The van der Waals surface area contributed by atoms with E-state index < -0.39 is 5.60 Å². The van der Waals surface area contributed by atoms with E-state index in [1.807, 2.05) is 37.8 Å². The van der Waals surface area contributed by atoms with Gasteiger partial charge in [0.2, 0.25) is 0 Å². The first-order valence-electron chi connectivity index (χ1n) is 7.06. The van der Waals surface area contributed by atoms with Gasteiger partial charge in [0.05, 0.1) is 6.20 Å². The fraction of sp³-hybridized carbons (Fsp3) is 0.714. The van der Waals surface area contributed by atoms with Gasteiger partial charge in [0.15, 0.2) is 0 Å². The van der Waals surface area contributed by atoms with Gasteiger partial charge in [-0.2, -0.15) is 5.10 Å². The van der Waals surface area contributed by atoms with Crippen molar-refractivity contribution in [3.05, 3.63) is 18.0 Å². The van der Waals surface area contributed by atoms with Crippen molar-refractivity contribution >= 4 is 6.09 Å². The van der Waals surface area contributed by atoms with Gasteiger partial charge in [-0.3, -0.25) is 4.68 Å². The molecule has 0 radical (unpaired) electrons. The van der Waals surface area contributed by atoms with Gasteiger partial charge in [-0.25, -0.2) is 4.79 Å². The summed E-state index contributed by atoms with van der Waals surface area (Å²) in [4.78, 5) is 13.5. The zero-order chi connectivity index (χ0) is 14.8. The highest BCUT2D eigenvalue weighted by Crippen LogP contribution is 2.20. The lowest BCUT2D eigenvalue weighted by Crippen LogP contribution is -2.52. The third-order valence-electron chi connectivity index (χ3n) is 3.17. The number of nitrogens with zero attached hydrogens (tertiary/aromatic N) is 3. The molecule has 0 spiro atoms. The number of carbonyl (C=O) groups is 1. The molecule has 0 atom stereocenters. The van der Waals surface area contributed by atoms with E-state index in [-0.39, 0.29) is 6.09 Å². The topological polar surface area (TPSA) is 73.4 Å². The van der Waals surface area contributed by atoms with Crippen LogP contribution in [0.1, 0.15) is 26.3 Å². The van der Waals surface area contributed by atoms with Gasteiger partial charge in [0, 0.05) is 31.7 Å². The molecule has 1 saturated heterocycles. The molecule has 6 heteroatoms. The van der Waals surface area contributed by atoms with E-state index in [2.05, 4.69) is 5.10 Å². The number of carbonyl (C=O) groups excluding carboxylic acids is 1. The zero-order valence-electron chi connectivity index (χ0n) is 12.5. The molecule has 1 aromatic rings. The molecule has 0 bridgehead atoms. The Morgan fingerprint density at radius 3 is 2.80 bits per heavy atom. The quantitative estimate of drug-likeness (QED) is 0.901. The maximum atomic E-state index is 11.8. The maximum absolute atomic E-state index is 11.8. The standard InChI is InChI=1S/C14H24N4O2/c1-14(2,3)20-13(19)17-7-12(8-17)10-18-9-11(4-5-15)6-16-18/h6,9,12H,4-5,7-8,10,15H2,1-3H3. The van der Waals surface area contributed by atoms with Crippen LogP contribution in [0.5, 0.6) is 0 Å². The first kappa shape index (κ1) is 14.8. The summed E-state index contributed by atoms with van der Waals surface area (Å²) in [5.74, 6) is 0.452. The third-order valence-corrected chi connectivity index (χ3v) is 3.17. The second-order valence-corrected chi connectivity index (χ2v) is 6.36. The van der Waals surface area contributed by atoms with Crippen molar-refractivity contribution in [3.63, 3.8) is 0 Å². The number of aromatic nitrogens is 2. The summed E-state index contributed by atoms with van der Waals surface area (Å²) >= 11 is 0. The average Bonchev–Trinajstić information content (AvgIpc) is 2.68. The van der Waals surface area contributed by atoms with Crippen molar-refractivity contribution in [1.29, 1.82) is 0 Å². The Hall–Kier alpha value is -1.56. The maximum Gasteiger partial charge on any atom is 0.410 e. The molecule has 6 nitrogen and oxygen atoms in total. The molecule has 1 amide bonds. The molecule has 1 aliphatic heterocycles. The summed E-state index contributed by atoms with van der Waals surface area (Å²) < 4.78 is 7.26. The molecule has 1 aliphatic rings. The van der Waals surface area contributed by atoms with Crippen LogP contribution in [0.2, 0.25) is 0 Å². The summed E-state index contributed by atoms with van der Waals surface area (Å²) in [6.45, 7) is 8.59. The monoisotopic (exact) mass is 280 g/mol. The van der Waals surface area contributed by atoms with Crippen LogP contribution in [0.4, 0.5) is 4.79 Å². The van der Waals surface area contributed by atoms with Gasteiger partial charge >= 0.3 is 6.09 Å². The average molecular weight is 280 g/mol. The summed E-state index contributed by atoms with van der Waals surface area (Å²) in [5.41, 5.74) is 6.25. The number of hydrogen-bond acceptors (Lipinski definition) is 4. The molecule has 1 aromatic heterocycles. The lowest BCUT2D eigenvalue weighted by molar-refractivity contribution is -0.00383. The van der Waals surface area contributed by atoms with Crippen LogP contribution in [-0.2, 0) is 17.7 Å². The molecule has 112 valence electrons. The lowest BCUT2D eigenvalue weighted by Gasteiger charge is -2.39. The minimum Gasteiger partial charge on any atom is -0.444 e. The fourth-order valence-electron chi connectivity index (χ4n) is 2.23. The summed E-state index contributed by atoms with van der Waals surface area (Å²) in [6.07, 6.45) is 4.52. The Morgan fingerprint density at radius 1 is 1.50 bits per heavy atom. The highest BCUT2D eigenvalue weighted by atomic mass is 16.6. The third kappa shape index (κ3) is 3.96. The zero-order valence-corrected chi connectivity index (χ0v) is 12.5. The number of amides is 1. The number of likely N-dealkylation sites (tertiary alicyclic amines) is 1. The molecular weight excluding hydrogens is 256 g/mol. The Kier molecular flexibility index (Phi) is 4.32. The van der Waals surface area contributed by atoms with E-state index in [1.54, 1.807) is 4.90 Å². The Balaban J connectivity index is 1.74. The highest BCUT2D eigenvalue weighted by molar-refractivity contribution is 5.69. The van der Waals surface area contributed by atoms with Crippen molar-refractivity contribution in [1.82, 2.24) is 14.7 Å². The van der Waals surface area contributed by atoms with Crippen LogP contribution in [0.25, 0.3) is 0 Å². The SMILES string of the molecule is CC(C)(C)OC(=O)N1CC(Cn2cc(CCN)cn2)C1. The van der Waals surface area contributed by atoms with Gasteiger partial charge in [-0.1, -0.05) is 0 Å². The molecule has 2 rings (SSSR count). The second kappa shape index (κ2) is 5.83. The highest BCUT2D eigenvalue weighted by Gasteiger charge is 2.33. The van der Waals surface area contributed by atoms with Gasteiger partial charge in [0.1, 0.15) is 5.60 Å². The molecule has 0 aliphatic carbocycles. The predicted octanol–water partition coefficient (Wildman–Crippen LogP) is 1.25. The van der Waals surface area contributed by atoms with Crippen molar-refractivity contribution < 1.29 is 9.53 Å². The number of nitrogens with two attached hydrogens (primary N) is 1. The van der Waals surface area contributed by atoms with Crippen molar-refractivity contribution in [2.75, 3.05) is 19.6 Å². The largest absolute Gasteiger partial charge is 0.444 e. The minimum absolute atomic E-state index is 0.224. The van der Waals surface area contributed by atoms with Gasteiger partial charge in [-0.05, 0) is 39.3 Å². The number of hydrogen-bond donors (Lipinski definition) is 1. The second-order valence-electron chi connectivity index (χ2n) is 6.36. The van der Waals surface area contributed by atoms with Crippen LogP contribution in [0, 0.1) is 5.92 Å².